The van der Waals surface area contributed by atoms with Gasteiger partial charge in [-0.2, -0.15) is 0 Å². The van der Waals surface area contributed by atoms with Crippen molar-refractivity contribution in [2.45, 2.75) is 45.2 Å². The van der Waals surface area contributed by atoms with Crippen molar-refractivity contribution in [1.82, 2.24) is 24.2 Å². The highest BCUT2D eigenvalue weighted by atomic mass is 32.2. The zero-order chi connectivity index (χ0) is 35.0. The van der Waals surface area contributed by atoms with E-state index in [0.29, 0.717) is 31.6 Å². The van der Waals surface area contributed by atoms with E-state index in [9.17, 15) is 18.0 Å². The summed E-state index contributed by atoms with van der Waals surface area (Å²) in [6.07, 6.45) is 1.32. The summed E-state index contributed by atoms with van der Waals surface area (Å²) in [6.45, 7) is 11.2. The lowest BCUT2D eigenvalue weighted by molar-refractivity contribution is 0.113. The van der Waals surface area contributed by atoms with E-state index >= 15 is 0 Å². The number of likely N-dealkylation sites (N-methyl/N-ethyl adjacent to an activating group) is 1. The van der Waals surface area contributed by atoms with Crippen molar-refractivity contribution in [2.24, 2.45) is 7.05 Å². The highest BCUT2D eigenvalue weighted by molar-refractivity contribution is 7.92. The number of aromatic nitrogens is 1. The first-order chi connectivity index (χ1) is 22.5. The van der Waals surface area contributed by atoms with Gasteiger partial charge in [-0.05, 0) is 49.2 Å². The van der Waals surface area contributed by atoms with E-state index in [-0.39, 0.29) is 28.6 Å². The van der Waals surface area contributed by atoms with Crippen molar-refractivity contribution in [3.05, 3.63) is 47.5 Å². The summed E-state index contributed by atoms with van der Waals surface area (Å²) in [5, 5.41) is 3.69. The molecule has 0 radical (unpaired) electrons. The first-order valence-corrected chi connectivity index (χ1v) is 18.1. The van der Waals surface area contributed by atoms with Gasteiger partial charge in [0.15, 0.2) is 5.75 Å². The number of anilines is 2. The predicted molar refractivity (Wildman–Crippen MR) is 189 cm³/mol. The lowest BCUT2D eigenvalue weighted by atomic mass is 9.86. The molecule has 3 aromatic rings. The molecule has 48 heavy (non-hydrogen) atoms. The quantitative estimate of drug-likeness (QED) is 0.359. The maximum atomic E-state index is 13.3. The summed E-state index contributed by atoms with van der Waals surface area (Å²) < 4.78 is 39.9. The van der Waals surface area contributed by atoms with E-state index in [1.807, 2.05) is 60.4 Å². The molecule has 13 nitrogen and oxygen atoms in total. The number of hydrogen-bond donors (Lipinski definition) is 2. The van der Waals surface area contributed by atoms with Crippen molar-refractivity contribution in [3.8, 4) is 11.6 Å². The van der Waals surface area contributed by atoms with Gasteiger partial charge in [0, 0.05) is 70.4 Å². The van der Waals surface area contributed by atoms with Crippen LogP contribution in [0.1, 0.15) is 38.3 Å². The molecule has 2 aromatic carbocycles. The number of ether oxygens (including phenoxy) is 2. The van der Waals surface area contributed by atoms with Crippen LogP contribution in [0.25, 0.3) is 10.9 Å². The number of rotatable bonds is 8. The number of fused-ring (bicyclic) bond motifs is 1. The molecule has 0 saturated carbocycles. The fourth-order valence-corrected chi connectivity index (χ4v) is 7.01. The van der Waals surface area contributed by atoms with Crippen molar-refractivity contribution in [1.29, 1.82) is 0 Å². The number of sulfonamides is 1. The lowest BCUT2D eigenvalue weighted by Gasteiger charge is -2.37. The molecule has 2 aliphatic heterocycles. The number of piperazine rings is 1. The number of amides is 3. The standard InChI is InChI=1S/C34H49N7O6S/c1-34(2,3)25-19-27(31(46-7)28(20-25)36-48(8,44)45)35-32(42)47-29-18-23-10-9-11-24(30(23)38(29)6)21-39-14-16-40(17-15-39)33(43)41-13-12-26(22-41)37(4)5/h9-11,18-20,26,36H,12-17,21-22H2,1-8H3,(H,35,42)/t26-/m1/s1. The van der Waals surface area contributed by atoms with E-state index in [1.54, 1.807) is 12.1 Å². The molecular formula is C34H49N7O6S. The minimum atomic E-state index is -3.62. The van der Waals surface area contributed by atoms with E-state index < -0.39 is 16.1 Å². The van der Waals surface area contributed by atoms with Gasteiger partial charge in [-0.3, -0.25) is 14.9 Å². The second-order valence-corrected chi connectivity index (χ2v) is 15.8. The Hall–Kier alpha value is -4.01. The highest BCUT2D eigenvalue weighted by Crippen LogP contribution is 2.39. The molecule has 3 amide bonds. The number of hydrogen-bond acceptors (Lipinski definition) is 8. The average Bonchev–Trinajstić information content (AvgIpc) is 3.62. The highest BCUT2D eigenvalue weighted by Gasteiger charge is 2.32. The van der Waals surface area contributed by atoms with Gasteiger partial charge in [-0.15, -0.1) is 0 Å². The van der Waals surface area contributed by atoms with Crippen molar-refractivity contribution in [2.75, 3.05) is 76.8 Å². The monoisotopic (exact) mass is 683 g/mol. The molecule has 1 aromatic heterocycles. The van der Waals surface area contributed by atoms with Crippen LogP contribution in [-0.4, -0.2) is 117 Å². The summed E-state index contributed by atoms with van der Waals surface area (Å²) >= 11 is 0. The summed E-state index contributed by atoms with van der Waals surface area (Å²) in [5.74, 6) is 0.525. The van der Waals surface area contributed by atoms with Gasteiger partial charge in [0.2, 0.25) is 15.9 Å². The number of nitrogens with one attached hydrogen (secondary N) is 2. The second kappa shape index (κ2) is 13.8. The second-order valence-electron chi connectivity index (χ2n) is 14.0. The number of likely N-dealkylation sites (tertiary alicyclic amines) is 1. The first-order valence-electron chi connectivity index (χ1n) is 16.2. The SMILES string of the molecule is COc1c(NC(=O)Oc2cc3cccc(CN4CCN(C(=O)N5CC[C@@H](N(C)C)C5)CC4)c3n2C)cc(C(C)(C)C)cc1NS(C)(=O)=O. The molecule has 2 saturated heterocycles. The normalized spacial score (nSPS) is 17.6. The molecule has 2 aliphatic rings. The summed E-state index contributed by atoms with van der Waals surface area (Å²) in [4.78, 5) is 34.9. The molecule has 1 atom stereocenters. The third-order valence-corrected chi connectivity index (χ3v) is 9.78. The summed E-state index contributed by atoms with van der Waals surface area (Å²) in [7, 11) is 3.78. The number of aryl methyl sites for hydroxylation is 1. The molecule has 262 valence electrons. The molecule has 0 aliphatic carbocycles. The van der Waals surface area contributed by atoms with Gasteiger partial charge >= 0.3 is 12.1 Å². The zero-order valence-electron chi connectivity index (χ0n) is 29.3. The molecule has 14 heteroatoms. The molecule has 3 heterocycles. The van der Waals surface area contributed by atoms with Crippen LogP contribution in [-0.2, 0) is 29.0 Å². The minimum absolute atomic E-state index is 0.134. The van der Waals surface area contributed by atoms with Crippen LogP contribution in [0.3, 0.4) is 0 Å². The van der Waals surface area contributed by atoms with Gasteiger partial charge in [-0.1, -0.05) is 39.0 Å². The first kappa shape index (κ1) is 35.3. The number of carbonyl (C=O) groups excluding carboxylic acids is 2. The number of nitrogens with zero attached hydrogens (tertiary/aromatic N) is 5. The largest absolute Gasteiger partial charge is 0.492 e. The molecule has 0 spiro atoms. The molecular weight excluding hydrogens is 634 g/mol. The Morgan fingerprint density at radius 3 is 2.29 bits per heavy atom. The Kier molecular flexibility index (Phi) is 10.2. The topological polar surface area (TPSA) is 129 Å². The van der Waals surface area contributed by atoms with Crippen LogP contribution < -0.4 is 19.5 Å². The average molecular weight is 684 g/mol. The minimum Gasteiger partial charge on any atom is -0.492 e. The van der Waals surface area contributed by atoms with E-state index in [4.69, 9.17) is 9.47 Å². The van der Waals surface area contributed by atoms with Gasteiger partial charge in [0.1, 0.15) is 0 Å². The lowest BCUT2D eigenvalue weighted by Crippen LogP contribution is -2.52. The van der Waals surface area contributed by atoms with Crippen LogP contribution in [0.4, 0.5) is 21.0 Å². The van der Waals surface area contributed by atoms with Crippen molar-refractivity contribution in [3.63, 3.8) is 0 Å². The maximum absolute atomic E-state index is 13.3. The number of methoxy groups -OCH3 is 1. The fraction of sp³-hybridized carbons (Fsp3) is 0.529. The van der Waals surface area contributed by atoms with Crippen LogP contribution in [0.15, 0.2) is 36.4 Å². The molecule has 0 unspecified atom stereocenters. The van der Waals surface area contributed by atoms with Crippen LogP contribution in [0, 0.1) is 0 Å². The third-order valence-electron chi connectivity index (χ3n) is 9.19. The van der Waals surface area contributed by atoms with Crippen LogP contribution >= 0.6 is 0 Å². The Labute approximate surface area is 283 Å². The van der Waals surface area contributed by atoms with Gasteiger partial charge in [0.05, 0.1) is 30.3 Å². The fourth-order valence-electron chi connectivity index (χ4n) is 6.46. The van der Waals surface area contributed by atoms with Gasteiger partial charge < -0.3 is 28.7 Å². The number of urea groups is 1. The van der Waals surface area contributed by atoms with Crippen molar-refractivity contribution >= 4 is 44.4 Å². The smallest absolute Gasteiger partial charge is 0.418 e. The maximum Gasteiger partial charge on any atom is 0.418 e. The van der Waals surface area contributed by atoms with Crippen molar-refractivity contribution < 1.29 is 27.5 Å². The summed E-state index contributed by atoms with van der Waals surface area (Å²) in [6, 6.07) is 11.9. The van der Waals surface area contributed by atoms with Gasteiger partial charge in [-0.25, -0.2) is 18.0 Å². The molecule has 2 N–H and O–H groups in total. The Morgan fingerprint density at radius 1 is 1.00 bits per heavy atom. The molecule has 2 fully saturated rings. The van der Waals surface area contributed by atoms with E-state index in [0.717, 1.165) is 60.9 Å². The number of carbonyl (C=O) groups is 2. The Bertz CT molecular complexity index is 1770. The van der Waals surface area contributed by atoms with Gasteiger partial charge in [0.25, 0.3) is 0 Å². The van der Waals surface area contributed by atoms with E-state index in [2.05, 4.69) is 40.0 Å². The van der Waals surface area contributed by atoms with E-state index in [1.165, 1.54) is 7.11 Å². The third kappa shape index (κ3) is 7.99. The van der Waals surface area contributed by atoms with Crippen LogP contribution in [0.5, 0.6) is 11.6 Å². The zero-order valence-corrected chi connectivity index (χ0v) is 30.1. The Morgan fingerprint density at radius 2 is 1.69 bits per heavy atom. The number of para-hydroxylation sites is 1. The predicted octanol–water partition coefficient (Wildman–Crippen LogP) is 4.34. The summed E-state index contributed by atoms with van der Waals surface area (Å²) in [5.41, 5.74) is 2.99. The molecule has 0 bridgehead atoms. The number of benzene rings is 2. The van der Waals surface area contributed by atoms with Crippen LogP contribution in [0.2, 0.25) is 0 Å². The Balaban J connectivity index is 1.28. The molecule has 5 rings (SSSR count).